The van der Waals surface area contributed by atoms with Crippen LogP contribution in [0.5, 0.6) is 0 Å². The number of ether oxygens (including phenoxy) is 1. The van der Waals surface area contributed by atoms with Gasteiger partial charge in [0.05, 0.1) is 24.7 Å². The third-order valence-electron chi connectivity index (χ3n) is 5.41. The van der Waals surface area contributed by atoms with Crippen LogP contribution in [0.25, 0.3) is 5.69 Å². The largest absolute Gasteiger partial charge is 0.378 e. The maximum atomic E-state index is 12.6. The molecule has 162 valence electrons. The molecule has 0 saturated carbocycles. The SMILES string of the molecule is Cc1ccc(-n2c(SCC(=O)Nc3cccc(C)c3C)nnc2N2CCOCC2)cc1. The molecule has 2 aromatic carbocycles. The fraction of sp³-hybridized carbons (Fsp3) is 0.348. The fourth-order valence-electron chi connectivity index (χ4n) is 3.45. The van der Waals surface area contributed by atoms with E-state index in [1.807, 2.05) is 36.6 Å². The van der Waals surface area contributed by atoms with Gasteiger partial charge in [-0.2, -0.15) is 0 Å². The molecule has 0 atom stereocenters. The summed E-state index contributed by atoms with van der Waals surface area (Å²) < 4.78 is 7.51. The molecule has 1 aliphatic rings. The number of nitrogens with one attached hydrogen (secondary N) is 1. The van der Waals surface area contributed by atoms with Crippen LogP contribution in [0.2, 0.25) is 0 Å². The number of carbonyl (C=O) groups excluding carboxylic acids is 1. The Labute approximate surface area is 186 Å². The van der Waals surface area contributed by atoms with Crippen LogP contribution in [0.4, 0.5) is 11.6 Å². The molecule has 1 aliphatic heterocycles. The van der Waals surface area contributed by atoms with Gasteiger partial charge in [-0.15, -0.1) is 10.2 Å². The second-order valence-corrected chi connectivity index (χ2v) is 8.58. The summed E-state index contributed by atoms with van der Waals surface area (Å²) in [6.45, 7) is 8.98. The summed E-state index contributed by atoms with van der Waals surface area (Å²) in [7, 11) is 0. The van der Waals surface area contributed by atoms with Crippen molar-refractivity contribution in [2.45, 2.75) is 25.9 Å². The number of carbonyl (C=O) groups is 1. The Balaban J connectivity index is 1.54. The number of nitrogens with zero attached hydrogens (tertiary/aromatic N) is 4. The molecule has 8 heteroatoms. The third kappa shape index (κ3) is 4.91. The van der Waals surface area contributed by atoms with Crippen LogP contribution < -0.4 is 10.2 Å². The first kappa shape index (κ1) is 21.4. The number of aryl methyl sites for hydroxylation is 2. The highest BCUT2D eigenvalue weighted by atomic mass is 32.2. The molecule has 0 unspecified atom stereocenters. The van der Waals surface area contributed by atoms with E-state index in [0.717, 1.165) is 41.5 Å². The zero-order valence-corrected chi connectivity index (χ0v) is 18.9. The van der Waals surface area contributed by atoms with E-state index < -0.39 is 0 Å². The first-order valence-corrected chi connectivity index (χ1v) is 11.4. The van der Waals surface area contributed by atoms with Crippen molar-refractivity contribution in [3.8, 4) is 5.69 Å². The third-order valence-corrected chi connectivity index (χ3v) is 6.34. The van der Waals surface area contributed by atoms with E-state index in [4.69, 9.17) is 4.74 Å². The lowest BCUT2D eigenvalue weighted by Crippen LogP contribution is -2.37. The summed E-state index contributed by atoms with van der Waals surface area (Å²) >= 11 is 1.39. The van der Waals surface area contributed by atoms with Gasteiger partial charge in [-0.05, 0) is 50.1 Å². The minimum absolute atomic E-state index is 0.0647. The number of benzene rings is 2. The lowest BCUT2D eigenvalue weighted by molar-refractivity contribution is -0.113. The monoisotopic (exact) mass is 437 g/mol. The predicted octanol–water partition coefficient (Wildman–Crippen LogP) is 3.76. The molecule has 2 heterocycles. The molecule has 0 aliphatic carbocycles. The number of morpholine rings is 1. The van der Waals surface area contributed by atoms with Gasteiger partial charge < -0.3 is 15.0 Å². The lowest BCUT2D eigenvalue weighted by Gasteiger charge is -2.28. The second kappa shape index (κ2) is 9.53. The van der Waals surface area contributed by atoms with E-state index in [2.05, 4.69) is 51.6 Å². The van der Waals surface area contributed by atoms with E-state index in [-0.39, 0.29) is 11.7 Å². The zero-order chi connectivity index (χ0) is 21.8. The van der Waals surface area contributed by atoms with Crippen LogP contribution >= 0.6 is 11.8 Å². The van der Waals surface area contributed by atoms with Crippen molar-refractivity contribution in [3.05, 3.63) is 59.2 Å². The van der Waals surface area contributed by atoms with E-state index in [1.54, 1.807) is 0 Å². The lowest BCUT2D eigenvalue weighted by atomic mass is 10.1. The van der Waals surface area contributed by atoms with Crippen molar-refractivity contribution in [1.29, 1.82) is 0 Å². The Kier molecular flexibility index (Phi) is 6.58. The molecule has 0 spiro atoms. The summed E-state index contributed by atoms with van der Waals surface area (Å²) in [6, 6.07) is 14.2. The van der Waals surface area contributed by atoms with Gasteiger partial charge in [0, 0.05) is 18.8 Å². The average molecular weight is 438 g/mol. The first-order chi connectivity index (χ1) is 15.0. The highest BCUT2D eigenvalue weighted by Gasteiger charge is 2.22. The van der Waals surface area contributed by atoms with Crippen molar-refractivity contribution < 1.29 is 9.53 Å². The van der Waals surface area contributed by atoms with E-state index in [9.17, 15) is 4.79 Å². The van der Waals surface area contributed by atoms with Crippen molar-refractivity contribution in [1.82, 2.24) is 14.8 Å². The van der Waals surface area contributed by atoms with Gasteiger partial charge >= 0.3 is 0 Å². The fourth-order valence-corrected chi connectivity index (χ4v) is 4.19. The molecule has 7 nitrogen and oxygen atoms in total. The van der Waals surface area contributed by atoms with Gasteiger partial charge in [-0.1, -0.05) is 41.6 Å². The predicted molar refractivity (Wildman–Crippen MR) is 124 cm³/mol. The minimum atomic E-state index is -0.0647. The van der Waals surface area contributed by atoms with E-state index >= 15 is 0 Å². The van der Waals surface area contributed by atoms with Gasteiger partial charge in [0.25, 0.3) is 0 Å². The summed E-state index contributed by atoms with van der Waals surface area (Å²) in [4.78, 5) is 14.8. The Morgan fingerprint density at radius 3 is 2.55 bits per heavy atom. The standard InChI is InChI=1S/C23H27N5O2S/c1-16-7-9-19(10-8-16)28-22(27-11-13-30-14-12-27)25-26-23(28)31-15-21(29)24-20-6-4-5-17(2)18(20)3/h4-10H,11-15H2,1-3H3,(H,24,29). The van der Waals surface area contributed by atoms with Gasteiger partial charge in [-0.3, -0.25) is 9.36 Å². The maximum Gasteiger partial charge on any atom is 0.234 e. The highest BCUT2D eigenvalue weighted by Crippen LogP contribution is 2.28. The Morgan fingerprint density at radius 2 is 1.81 bits per heavy atom. The quantitative estimate of drug-likeness (QED) is 0.592. The average Bonchev–Trinajstić information content (AvgIpc) is 3.21. The zero-order valence-electron chi connectivity index (χ0n) is 18.1. The summed E-state index contributed by atoms with van der Waals surface area (Å²) in [5.74, 6) is 0.968. The van der Waals surface area contributed by atoms with Crippen molar-refractivity contribution in [2.24, 2.45) is 0 Å². The summed E-state index contributed by atoms with van der Waals surface area (Å²) in [5.41, 5.74) is 5.25. The number of hydrogen-bond donors (Lipinski definition) is 1. The van der Waals surface area contributed by atoms with Crippen molar-refractivity contribution in [2.75, 3.05) is 42.3 Å². The Morgan fingerprint density at radius 1 is 1.06 bits per heavy atom. The maximum absolute atomic E-state index is 12.6. The van der Waals surface area contributed by atoms with Crippen LogP contribution in [-0.2, 0) is 9.53 Å². The van der Waals surface area contributed by atoms with Crippen molar-refractivity contribution >= 4 is 29.3 Å². The molecule has 1 fully saturated rings. The first-order valence-electron chi connectivity index (χ1n) is 10.4. The van der Waals surface area contributed by atoms with Gasteiger partial charge in [0.1, 0.15) is 0 Å². The number of anilines is 2. The van der Waals surface area contributed by atoms with Crippen LogP contribution in [0.15, 0.2) is 47.6 Å². The molecular formula is C23H27N5O2S. The molecule has 1 saturated heterocycles. The normalized spacial score (nSPS) is 14.0. The Bertz CT molecular complexity index is 1060. The van der Waals surface area contributed by atoms with Gasteiger partial charge in [0.15, 0.2) is 5.16 Å². The summed E-state index contributed by atoms with van der Waals surface area (Å²) in [6.07, 6.45) is 0. The second-order valence-electron chi connectivity index (χ2n) is 7.64. The molecule has 1 N–H and O–H groups in total. The van der Waals surface area contributed by atoms with Crippen LogP contribution in [-0.4, -0.2) is 52.7 Å². The molecular weight excluding hydrogens is 410 g/mol. The highest BCUT2D eigenvalue weighted by molar-refractivity contribution is 7.99. The number of rotatable bonds is 6. The molecule has 0 bridgehead atoms. The van der Waals surface area contributed by atoms with Crippen LogP contribution in [0, 0.1) is 20.8 Å². The number of aromatic nitrogens is 3. The number of thioether (sulfide) groups is 1. The Hall–Kier alpha value is -2.84. The minimum Gasteiger partial charge on any atom is -0.378 e. The number of amides is 1. The molecule has 1 aromatic heterocycles. The van der Waals surface area contributed by atoms with Crippen LogP contribution in [0.3, 0.4) is 0 Å². The molecule has 31 heavy (non-hydrogen) atoms. The van der Waals surface area contributed by atoms with Gasteiger partial charge in [0.2, 0.25) is 11.9 Å². The molecule has 3 aromatic rings. The van der Waals surface area contributed by atoms with E-state index in [0.29, 0.717) is 18.4 Å². The smallest absolute Gasteiger partial charge is 0.234 e. The summed E-state index contributed by atoms with van der Waals surface area (Å²) in [5, 5.41) is 12.6. The van der Waals surface area contributed by atoms with E-state index in [1.165, 1.54) is 17.3 Å². The number of hydrogen-bond acceptors (Lipinski definition) is 6. The van der Waals surface area contributed by atoms with Gasteiger partial charge in [-0.25, -0.2) is 0 Å². The van der Waals surface area contributed by atoms with Crippen LogP contribution in [0.1, 0.15) is 16.7 Å². The molecule has 0 radical (unpaired) electrons. The topological polar surface area (TPSA) is 72.3 Å². The van der Waals surface area contributed by atoms with Crippen molar-refractivity contribution in [3.63, 3.8) is 0 Å². The molecule has 1 amide bonds. The molecule has 4 rings (SSSR count).